The van der Waals surface area contributed by atoms with E-state index < -0.39 is 0 Å². The van der Waals surface area contributed by atoms with Crippen LogP contribution in [0.1, 0.15) is 44.2 Å². The average Bonchev–Trinajstić information content (AvgIpc) is 3.55. The molecule has 30 heavy (non-hydrogen) atoms. The second-order valence-corrected chi connectivity index (χ2v) is 8.47. The van der Waals surface area contributed by atoms with E-state index in [0.29, 0.717) is 24.2 Å². The molecule has 1 saturated heterocycles. The lowest BCUT2D eigenvalue weighted by Crippen LogP contribution is -2.57. The molecule has 2 fully saturated rings. The number of rotatable bonds is 8. The molecule has 0 bridgehead atoms. The van der Waals surface area contributed by atoms with Crippen LogP contribution < -0.4 is 15.4 Å². The molecule has 6 nitrogen and oxygen atoms in total. The van der Waals surface area contributed by atoms with Crippen LogP contribution in [0.15, 0.2) is 23.2 Å². The first-order valence-electron chi connectivity index (χ1n) is 10.6. The Morgan fingerprint density at radius 1 is 1.33 bits per heavy atom. The molecule has 0 amide bonds. The molecule has 0 radical (unpaired) electrons. The minimum Gasteiger partial charge on any atom is -0.490 e. The van der Waals surface area contributed by atoms with E-state index in [-0.39, 0.29) is 41.4 Å². The molecule has 1 aliphatic carbocycles. The summed E-state index contributed by atoms with van der Waals surface area (Å²) in [5, 5.41) is 6.82. The maximum Gasteiger partial charge on any atom is 0.191 e. The second-order valence-electron chi connectivity index (χ2n) is 8.47. The lowest BCUT2D eigenvalue weighted by molar-refractivity contribution is -0.00502. The van der Waals surface area contributed by atoms with Gasteiger partial charge in [0, 0.05) is 32.3 Å². The lowest BCUT2D eigenvalue weighted by Gasteiger charge is -2.43. The predicted molar refractivity (Wildman–Crippen MR) is 129 cm³/mol. The summed E-state index contributed by atoms with van der Waals surface area (Å²) >= 11 is 0. The minimum absolute atomic E-state index is 0. The van der Waals surface area contributed by atoms with E-state index >= 15 is 0 Å². The molecule has 8 heteroatoms. The summed E-state index contributed by atoms with van der Waals surface area (Å²) in [6.45, 7) is 4.94. The normalized spacial score (nSPS) is 19.7. The maximum atomic E-state index is 14.4. The molecule has 1 aliphatic heterocycles. The summed E-state index contributed by atoms with van der Waals surface area (Å²) < 4.78 is 25.5. The van der Waals surface area contributed by atoms with Crippen molar-refractivity contribution in [2.75, 3.05) is 47.5 Å². The third-order valence-corrected chi connectivity index (χ3v) is 6.16. The Kier molecular flexibility index (Phi) is 9.62. The van der Waals surface area contributed by atoms with Crippen molar-refractivity contribution in [3.05, 3.63) is 29.6 Å². The number of aliphatic imine (C=N–C) groups is 1. The van der Waals surface area contributed by atoms with Gasteiger partial charge in [0.05, 0.1) is 12.6 Å². The van der Waals surface area contributed by atoms with Gasteiger partial charge in [-0.15, -0.1) is 24.0 Å². The Labute approximate surface area is 197 Å². The third kappa shape index (κ3) is 6.68. The highest BCUT2D eigenvalue weighted by Crippen LogP contribution is 2.30. The minimum atomic E-state index is -0.312. The molecule has 1 atom stereocenters. The van der Waals surface area contributed by atoms with Crippen LogP contribution in [0.5, 0.6) is 5.75 Å². The highest BCUT2D eigenvalue weighted by molar-refractivity contribution is 14.0. The van der Waals surface area contributed by atoms with Gasteiger partial charge in [0.25, 0.3) is 0 Å². The summed E-state index contributed by atoms with van der Waals surface area (Å²) in [6.07, 6.45) is 4.34. The summed E-state index contributed by atoms with van der Waals surface area (Å²) in [6, 6.07) is 5.10. The van der Waals surface area contributed by atoms with Gasteiger partial charge >= 0.3 is 0 Å². The molecule has 0 aromatic heterocycles. The fourth-order valence-electron chi connectivity index (χ4n) is 3.66. The fraction of sp³-hybridized carbons (Fsp3) is 0.682. The average molecular weight is 534 g/mol. The zero-order valence-electron chi connectivity index (χ0n) is 18.5. The van der Waals surface area contributed by atoms with Gasteiger partial charge in [-0.3, -0.25) is 4.99 Å². The van der Waals surface area contributed by atoms with Crippen LogP contribution in [-0.4, -0.2) is 63.9 Å². The monoisotopic (exact) mass is 534 g/mol. The molecular weight excluding hydrogens is 498 g/mol. The molecular formula is C22H36FIN4O2. The predicted octanol–water partition coefficient (Wildman–Crippen LogP) is 3.57. The number of hydrogen-bond acceptors (Lipinski definition) is 4. The lowest BCUT2D eigenvalue weighted by atomic mass is 9.88. The van der Waals surface area contributed by atoms with Gasteiger partial charge in [0.2, 0.25) is 0 Å². The van der Waals surface area contributed by atoms with E-state index in [1.54, 1.807) is 19.2 Å². The Morgan fingerprint density at radius 3 is 2.60 bits per heavy atom. The SMILES string of the molecule is CN=C(NCC1(N(C)C)CCOCC1)NC(C)c1ccc(OCC2CC2)c(F)c1.I. The molecule has 1 aromatic rings. The Bertz CT molecular complexity index is 706. The summed E-state index contributed by atoms with van der Waals surface area (Å²) in [5.74, 6) is 1.33. The second kappa shape index (κ2) is 11.5. The Balaban J connectivity index is 0.00000320. The van der Waals surface area contributed by atoms with Gasteiger partial charge in [-0.1, -0.05) is 6.07 Å². The topological polar surface area (TPSA) is 58.1 Å². The van der Waals surface area contributed by atoms with E-state index in [0.717, 1.165) is 38.2 Å². The molecule has 0 spiro atoms. The first-order valence-corrected chi connectivity index (χ1v) is 10.6. The fourth-order valence-corrected chi connectivity index (χ4v) is 3.66. The van der Waals surface area contributed by atoms with Gasteiger partial charge < -0.3 is 25.0 Å². The number of halogens is 2. The number of likely N-dealkylation sites (N-methyl/N-ethyl adjacent to an activating group) is 1. The van der Waals surface area contributed by atoms with Crippen LogP contribution in [0.3, 0.4) is 0 Å². The smallest absolute Gasteiger partial charge is 0.191 e. The highest BCUT2D eigenvalue weighted by Gasteiger charge is 2.35. The molecule has 2 aliphatic rings. The number of nitrogens with one attached hydrogen (secondary N) is 2. The van der Waals surface area contributed by atoms with Crippen molar-refractivity contribution in [2.45, 2.75) is 44.2 Å². The number of hydrogen-bond donors (Lipinski definition) is 2. The van der Waals surface area contributed by atoms with E-state index in [1.807, 2.05) is 13.0 Å². The zero-order valence-corrected chi connectivity index (χ0v) is 20.9. The van der Waals surface area contributed by atoms with Crippen molar-refractivity contribution in [3.63, 3.8) is 0 Å². The van der Waals surface area contributed by atoms with Crippen LogP contribution in [0, 0.1) is 11.7 Å². The molecule has 1 unspecified atom stereocenters. The summed E-state index contributed by atoms with van der Waals surface area (Å²) in [7, 11) is 5.98. The largest absolute Gasteiger partial charge is 0.490 e. The number of benzene rings is 1. The molecule has 170 valence electrons. The molecule has 1 heterocycles. The van der Waals surface area contributed by atoms with E-state index in [2.05, 4.69) is 34.6 Å². The molecule has 2 N–H and O–H groups in total. The number of ether oxygens (including phenoxy) is 2. The van der Waals surface area contributed by atoms with Gasteiger partial charge in [-0.25, -0.2) is 4.39 Å². The first kappa shape index (κ1) is 25.1. The maximum absolute atomic E-state index is 14.4. The van der Waals surface area contributed by atoms with Gasteiger partial charge in [0.1, 0.15) is 0 Å². The van der Waals surface area contributed by atoms with Crippen molar-refractivity contribution in [2.24, 2.45) is 10.9 Å². The molecule has 1 aromatic carbocycles. The van der Waals surface area contributed by atoms with Crippen LogP contribution >= 0.6 is 24.0 Å². The van der Waals surface area contributed by atoms with Crippen molar-refractivity contribution in [1.29, 1.82) is 0 Å². The third-order valence-electron chi connectivity index (χ3n) is 6.16. The van der Waals surface area contributed by atoms with Crippen molar-refractivity contribution in [3.8, 4) is 5.75 Å². The van der Waals surface area contributed by atoms with Crippen LogP contribution in [0.2, 0.25) is 0 Å². The number of guanidine groups is 1. The molecule has 1 saturated carbocycles. The van der Waals surface area contributed by atoms with Gasteiger partial charge in [-0.05, 0) is 70.3 Å². The quantitative estimate of drug-likeness (QED) is 0.304. The van der Waals surface area contributed by atoms with Crippen LogP contribution in [0.4, 0.5) is 4.39 Å². The van der Waals surface area contributed by atoms with Crippen LogP contribution in [-0.2, 0) is 4.74 Å². The number of nitrogens with zero attached hydrogens (tertiary/aromatic N) is 2. The van der Waals surface area contributed by atoms with Crippen molar-refractivity contribution < 1.29 is 13.9 Å². The van der Waals surface area contributed by atoms with Gasteiger partial charge in [0.15, 0.2) is 17.5 Å². The van der Waals surface area contributed by atoms with E-state index in [1.165, 1.54) is 12.8 Å². The Hall–Kier alpha value is -1.13. The zero-order chi connectivity index (χ0) is 20.9. The Morgan fingerprint density at radius 2 is 2.03 bits per heavy atom. The summed E-state index contributed by atoms with van der Waals surface area (Å²) in [5.41, 5.74) is 0.906. The van der Waals surface area contributed by atoms with Gasteiger partial charge in [-0.2, -0.15) is 0 Å². The first-order chi connectivity index (χ1) is 13.9. The van der Waals surface area contributed by atoms with Crippen molar-refractivity contribution in [1.82, 2.24) is 15.5 Å². The van der Waals surface area contributed by atoms with E-state index in [9.17, 15) is 4.39 Å². The standard InChI is InChI=1S/C22H35FN4O2.HI/c1-16(18-7-8-20(19(23)13-18)29-14-17-5-6-17)26-21(24-2)25-15-22(27(3)4)9-11-28-12-10-22;/h7-8,13,16-17H,5-6,9-12,14-15H2,1-4H3,(H2,24,25,26);1H. The highest BCUT2D eigenvalue weighted by atomic mass is 127. The summed E-state index contributed by atoms with van der Waals surface area (Å²) in [4.78, 5) is 6.62. The van der Waals surface area contributed by atoms with E-state index in [4.69, 9.17) is 9.47 Å². The van der Waals surface area contributed by atoms with Crippen LogP contribution in [0.25, 0.3) is 0 Å². The van der Waals surface area contributed by atoms with Crippen molar-refractivity contribution >= 4 is 29.9 Å². The molecule has 3 rings (SSSR count).